The van der Waals surface area contributed by atoms with Crippen molar-refractivity contribution in [2.24, 2.45) is 0 Å². The van der Waals surface area contributed by atoms with Crippen molar-refractivity contribution in [1.82, 2.24) is 4.90 Å². The first-order chi connectivity index (χ1) is 15.9. The molecule has 6 heteroatoms. The number of rotatable bonds is 11. The molecule has 0 heterocycles. The first kappa shape index (κ1) is 26.8. The number of halogens is 2. The van der Waals surface area contributed by atoms with Crippen molar-refractivity contribution in [3.8, 4) is 11.8 Å². The highest BCUT2D eigenvalue weighted by atomic mass is 35.5. The second kappa shape index (κ2) is 14.6. The first-order valence-corrected chi connectivity index (χ1v) is 12.2. The highest BCUT2D eigenvalue weighted by Gasteiger charge is 2.21. The Labute approximate surface area is 206 Å². The van der Waals surface area contributed by atoms with Gasteiger partial charge >= 0.3 is 11.9 Å². The van der Waals surface area contributed by atoms with Crippen LogP contribution in [0, 0.1) is 11.8 Å². The van der Waals surface area contributed by atoms with Gasteiger partial charge in [-0.25, -0.2) is 4.79 Å². The van der Waals surface area contributed by atoms with E-state index in [0.29, 0.717) is 16.5 Å². The summed E-state index contributed by atoms with van der Waals surface area (Å²) in [4.78, 5) is 24.8. The molecule has 4 nitrogen and oxygen atoms in total. The lowest BCUT2D eigenvalue weighted by molar-refractivity contribution is -0.156. The standard InChI is InChI=1S/C27H31Cl2NO3/c1-2-3-4-5-6-7-8-9-10-21-11-13-23(14-12-21)20-30(26(31)27(32)33)18-17-22-15-16-24(28)25(29)19-22/h11-16,19H,2-8,17-18,20H2,1H3,(H,32,33). The van der Waals surface area contributed by atoms with Gasteiger partial charge in [-0.15, -0.1) is 0 Å². The highest BCUT2D eigenvalue weighted by molar-refractivity contribution is 6.42. The monoisotopic (exact) mass is 487 g/mol. The van der Waals surface area contributed by atoms with Crippen molar-refractivity contribution < 1.29 is 14.7 Å². The summed E-state index contributed by atoms with van der Waals surface area (Å²) in [5, 5.41) is 10.1. The van der Waals surface area contributed by atoms with E-state index in [9.17, 15) is 14.7 Å². The predicted octanol–water partition coefficient (Wildman–Crippen LogP) is 6.75. The molecule has 2 rings (SSSR count). The van der Waals surface area contributed by atoms with Gasteiger partial charge in [0.2, 0.25) is 0 Å². The van der Waals surface area contributed by atoms with Crippen LogP contribution in [0.25, 0.3) is 0 Å². The van der Waals surface area contributed by atoms with Crippen LogP contribution in [0.15, 0.2) is 42.5 Å². The molecule has 0 saturated heterocycles. The Morgan fingerprint density at radius 2 is 1.58 bits per heavy atom. The van der Waals surface area contributed by atoms with Crippen LogP contribution >= 0.6 is 23.2 Å². The Morgan fingerprint density at radius 1 is 0.909 bits per heavy atom. The molecule has 0 aliphatic carbocycles. The van der Waals surface area contributed by atoms with Crippen molar-refractivity contribution in [2.75, 3.05) is 6.54 Å². The summed E-state index contributed by atoms with van der Waals surface area (Å²) < 4.78 is 0. The Hall–Kier alpha value is -2.48. The van der Waals surface area contributed by atoms with Crippen LogP contribution in [-0.2, 0) is 22.6 Å². The number of amides is 1. The summed E-state index contributed by atoms with van der Waals surface area (Å²) in [5.74, 6) is 3.99. The van der Waals surface area contributed by atoms with Gasteiger partial charge < -0.3 is 10.0 Å². The van der Waals surface area contributed by atoms with Crippen molar-refractivity contribution in [3.63, 3.8) is 0 Å². The van der Waals surface area contributed by atoms with Gasteiger partial charge in [0.15, 0.2) is 0 Å². The fourth-order valence-electron chi connectivity index (χ4n) is 3.42. The quantitative estimate of drug-likeness (QED) is 0.216. The minimum absolute atomic E-state index is 0.206. The van der Waals surface area contributed by atoms with Gasteiger partial charge in [0.25, 0.3) is 0 Å². The zero-order valence-corrected chi connectivity index (χ0v) is 20.6. The minimum Gasteiger partial charge on any atom is -0.474 e. The van der Waals surface area contributed by atoms with Crippen LogP contribution in [0.2, 0.25) is 10.0 Å². The number of unbranched alkanes of at least 4 members (excludes halogenated alkanes) is 6. The molecule has 2 aromatic rings. The van der Waals surface area contributed by atoms with E-state index in [1.54, 1.807) is 12.1 Å². The summed E-state index contributed by atoms with van der Waals surface area (Å²) in [6.07, 6.45) is 8.86. The van der Waals surface area contributed by atoms with Crippen molar-refractivity contribution >= 4 is 35.1 Å². The van der Waals surface area contributed by atoms with Crippen LogP contribution in [0.4, 0.5) is 0 Å². The van der Waals surface area contributed by atoms with E-state index < -0.39 is 11.9 Å². The number of benzene rings is 2. The molecule has 2 aromatic carbocycles. The second-order valence-electron chi connectivity index (χ2n) is 8.05. The van der Waals surface area contributed by atoms with E-state index >= 15 is 0 Å². The van der Waals surface area contributed by atoms with Gasteiger partial charge in [-0.05, 0) is 48.2 Å². The summed E-state index contributed by atoms with van der Waals surface area (Å²) >= 11 is 12.0. The molecule has 0 fully saturated rings. The largest absolute Gasteiger partial charge is 0.474 e. The zero-order valence-electron chi connectivity index (χ0n) is 19.1. The smallest absolute Gasteiger partial charge is 0.394 e. The highest BCUT2D eigenvalue weighted by Crippen LogP contribution is 2.23. The predicted molar refractivity (Wildman–Crippen MR) is 135 cm³/mol. The van der Waals surface area contributed by atoms with E-state index in [-0.39, 0.29) is 13.1 Å². The van der Waals surface area contributed by atoms with Gasteiger partial charge in [-0.1, -0.05) is 92.3 Å². The number of aliphatic carboxylic acids is 1. The lowest BCUT2D eigenvalue weighted by atomic mass is 10.1. The van der Waals surface area contributed by atoms with Crippen molar-refractivity contribution in [1.29, 1.82) is 0 Å². The van der Waals surface area contributed by atoms with E-state index in [2.05, 4.69) is 18.8 Å². The third kappa shape index (κ3) is 9.90. The van der Waals surface area contributed by atoms with E-state index in [1.165, 1.54) is 37.0 Å². The van der Waals surface area contributed by atoms with Gasteiger partial charge in [-0.2, -0.15) is 0 Å². The van der Waals surface area contributed by atoms with Gasteiger partial charge in [-0.3, -0.25) is 4.79 Å². The Balaban J connectivity index is 1.91. The maximum Gasteiger partial charge on any atom is 0.394 e. The lowest BCUT2D eigenvalue weighted by Gasteiger charge is -2.21. The van der Waals surface area contributed by atoms with E-state index in [4.69, 9.17) is 23.2 Å². The third-order valence-electron chi connectivity index (χ3n) is 5.34. The number of carboxylic acids is 1. The molecule has 33 heavy (non-hydrogen) atoms. The number of hydrogen-bond acceptors (Lipinski definition) is 2. The Kier molecular flexibility index (Phi) is 11.9. The normalized spacial score (nSPS) is 10.4. The van der Waals surface area contributed by atoms with Crippen LogP contribution < -0.4 is 0 Å². The fourth-order valence-corrected chi connectivity index (χ4v) is 3.74. The number of hydrogen-bond donors (Lipinski definition) is 1. The third-order valence-corrected chi connectivity index (χ3v) is 6.08. The molecule has 0 spiro atoms. The van der Waals surface area contributed by atoms with Crippen LogP contribution in [0.5, 0.6) is 0 Å². The zero-order chi connectivity index (χ0) is 24.1. The second-order valence-corrected chi connectivity index (χ2v) is 8.86. The Bertz CT molecular complexity index is 977. The number of carbonyl (C=O) groups excluding carboxylic acids is 1. The molecular formula is C27H31Cl2NO3. The summed E-state index contributed by atoms with van der Waals surface area (Å²) in [7, 11) is 0. The molecule has 0 saturated carbocycles. The van der Waals surface area contributed by atoms with Crippen molar-refractivity contribution in [2.45, 2.75) is 64.8 Å². The first-order valence-electron chi connectivity index (χ1n) is 11.4. The SMILES string of the molecule is CCCCCCCCC#Cc1ccc(CN(CCc2ccc(Cl)c(Cl)c2)C(=O)C(=O)O)cc1. The number of carboxylic acid groups (broad SMARTS) is 1. The number of carbonyl (C=O) groups is 2. The molecular weight excluding hydrogens is 457 g/mol. The number of nitrogens with zero attached hydrogens (tertiary/aromatic N) is 1. The maximum atomic E-state index is 12.2. The lowest BCUT2D eigenvalue weighted by Crippen LogP contribution is -2.37. The molecule has 0 aromatic heterocycles. The summed E-state index contributed by atoms with van der Waals surface area (Å²) in [6.45, 7) is 2.68. The van der Waals surface area contributed by atoms with Crippen LogP contribution in [0.1, 0.15) is 68.6 Å². The van der Waals surface area contributed by atoms with Gasteiger partial charge in [0.1, 0.15) is 0 Å². The Morgan fingerprint density at radius 3 is 2.24 bits per heavy atom. The maximum absolute atomic E-state index is 12.2. The summed E-state index contributed by atoms with van der Waals surface area (Å²) in [5.41, 5.74) is 2.64. The molecule has 0 unspecified atom stereocenters. The molecule has 0 bridgehead atoms. The van der Waals surface area contributed by atoms with Gasteiger partial charge in [0, 0.05) is 25.1 Å². The fraction of sp³-hybridized carbons (Fsp3) is 0.407. The van der Waals surface area contributed by atoms with Crippen molar-refractivity contribution in [3.05, 3.63) is 69.2 Å². The average molecular weight is 488 g/mol. The molecule has 176 valence electrons. The molecule has 0 atom stereocenters. The molecule has 1 N–H and O–H groups in total. The molecule has 0 aliphatic heterocycles. The van der Waals surface area contributed by atoms with E-state index in [1.807, 2.05) is 30.3 Å². The molecule has 1 amide bonds. The van der Waals surface area contributed by atoms with Gasteiger partial charge in [0.05, 0.1) is 10.0 Å². The summed E-state index contributed by atoms with van der Waals surface area (Å²) in [6, 6.07) is 12.8. The average Bonchev–Trinajstić information content (AvgIpc) is 2.81. The van der Waals surface area contributed by atoms with Crippen LogP contribution in [0.3, 0.4) is 0 Å². The van der Waals surface area contributed by atoms with E-state index in [0.717, 1.165) is 29.5 Å². The molecule has 0 aliphatic rings. The molecule has 0 radical (unpaired) electrons. The van der Waals surface area contributed by atoms with Crippen LogP contribution in [-0.4, -0.2) is 28.4 Å². The minimum atomic E-state index is -1.47. The topological polar surface area (TPSA) is 57.6 Å².